The van der Waals surface area contributed by atoms with Gasteiger partial charge in [-0.25, -0.2) is 0 Å². The van der Waals surface area contributed by atoms with Gasteiger partial charge >= 0.3 is 5.97 Å². The highest BCUT2D eigenvalue weighted by Gasteiger charge is 2.48. The van der Waals surface area contributed by atoms with Crippen LogP contribution in [0.2, 0.25) is 0 Å². The zero-order valence-corrected chi connectivity index (χ0v) is 7.80. The van der Waals surface area contributed by atoms with Crippen LogP contribution in [0.3, 0.4) is 0 Å². The number of carbonyl (C=O) groups is 1. The van der Waals surface area contributed by atoms with E-state index in [1.165, 1.54) is 0 Å². The summed E-state index contributed by atoms with van der Waals surface area (Å²) in [5.41, 5.74) is -0.338. The quantitative estimate of drug-likeness (QED) is 0.350. The van der Waals surface area contributed by atoms with Crippen molar-refractivity contribution < 1.29 is 9.53 Å². The smallest absolute Gasteiger partial charge is 0.316 e. The third-order valence-electron chi connectivity index (χ3n) is 2.35. The SMILES string of the molecule is CC12C=CC(Br)C(C1)OC2=O. The van der Waals surface area contributed by atoms with Crippen molar-refractivity contribution in [3.05, 3.63) is 12.2 Å². The fourth-order valence-corrected chi connectivity index (χ4v) is 2.00. The maximum Gasteiger partial charge on any atom is 0.316 e. The van der Waals surface area contributed by atoms with E-state index in [-0.39, 0.29) is 22.3 Å². The molecule has 3 unspecified atom stereocenters. The number of fused-ring (bicyclic) bond motifs is 2. The second-order valence-electron chi connectivity index (χ2n) is 3.37. The summed E-state index contributed by atoms with van der Waals surface area (Å²) in [6.07, 6.45) is 4.81. The van der Waals surface area contributed by atoms with Crippen molar-refractivity contribution >= 4 is 21.9 Å². The van der Waals surface area contributed by atoms with Gasteiger partial charge in [-0.1, -0.05) is 28.1 Å². The van der Waals surface area contributed by atoms with Crippen LogP contribution >= 0.6 is 15.9 Å². The molecule has 0 aromatic rings. The Morgan fingerprint density at radius 2 is 2.55 bits per heavy atom. The summed E-state index contributed by atoms with van der Waals surface area (Å²) in [6, 6.07) is 0. The molecule has 0 radical (unpaired) electrons. The van der Waals surface area contributed by atoms with E-state index in [1.807, 2.05) is 19.1 Å². The van der Waals surface area contributed by atoms with E-state index < -0.39 is 0 Å². The Hall–Kier alpha value is -0.310. The van der Waals surface area contributed by atoms with Crippen molar-refractivity contribution in [2.75, 3.05) is 0 Å². The van der Waals surface area contributed by atoms with Crippen LogP contribution in [-0.4, -0.2) is 16.9 Å². The molecule has 1 aliphatic carbocycles. The molecular weight excluding hydrogens is 208 g/mol. The van der Waals surface area contributed by atoms with Crippen LogP contribution in [0, 0.1) is 5.41 Å². The maximum absolute atomic E-state index is 11.2. The Balaban J connectivity index is 2.37. The molecule has 1 saturated heterocycles. The Bertz CT molecular complexity index is 236. The minimum absolute atomic E-state index is 0.0532. The van der Waals surface area contributed by atoms with Crippen LogP contribution in [0.5, 0.6) is 0 Å². The predicted octanol–water partition coefficient (Wildman–Crippen LogP) is 1.64. The van der Waals surface area contributed by atoms with Gasteiger partial charge in [-0.3, -0.25) is 4.79 Å². The van der Waals surface area contributed by atoms with Crippen molar-refractivity contribution in [1.82, 2.24) is 0 Å². The van der Waals surface area contributed by atoms with Crippen molar-refractivity contribution in [2.24, 2.45) is 5.41 Å². The van der Waals surface area contributed by atoms with Crippen molar-refractivity contribution in [3.8, 4) is 0 Å². The van der Waals surface area contributed by atoms with Gasteiger partial charge in [0.2, 0.25) is 0 Å². The van der Waals surface area contributed by atoms with Crippen LogP contribution in [-0.2, 0) is 9.53 Å². The number of carbonyl (C=O) groups excluding carboxylic acids is 1. The van der Waals surface area contributed by atoms with Gasteiger partial charge in [-0.2, -0.15) is 0 Å². The molecule has 1 aliphatic heterocycles. The summed E-state index contributed by atoms with van der Waals surface area (Å²) < 4.78 is 5.15. The summed E-state index contributed by atoms with van der Waals surface area (Å²) in [6.45, 7) is 1.92. The number of halogens is 1. The number of alkyl halides is 1. The number of hydrogen-bond acceptors (Lipinski definition) is 2. The lowest BCUT2D eigenvalue weighted by Crippen LogP contribution is -2.24. The van der Waals surface area contributed by atoms with Crippen LogP contribution in [0.1, 0.15) is 13.3 Å². The van der Waals surface area contributed by atoms with E-state index in [0.717, 1.165) is 6.42 Å². The van der Waals surface area contributed by atoms with Gasteiger partial charge in [0.15, 0.2) is 0 Å². The maximum atomic E-state index is 11.2. The molecule has 2 bridgehead atoms. The van der Waals surface area contributed by atoms with Crippen LogP contribution in [0.25, 0.3) is 0 Å². The van der Waals surface area contributed by atoms with E-state index in [9.17, 15) is 4.79 Å². The number of rotatable bonds is 0. The molecule has 0 aromatic heterocycles. The third kappa shape index (κ3) is 0.940. The van der Waals surface area contributed by atoms with E-state index in [2.05, 4.69) is 15.9 Å². The summed E-state index contributed by atoms with van der Waals surface area (Å²) >= 11 is 3.43. The highest BCUT2D eigenvalue weighted by Crippen LogP contribution is 2.41. The number of esters is 1. The lowest BCUT2D eigenvalue weighted by molar-refractivity contribution is -0.145. The van der Waals surface area contributed by atoms with Gasteiger partial charge in [0.25, 0.3) is 0 Å². The second-order valence-corrected chi connectivity index (χ2v) is 4.43. The van der Waals surface area contributed by atoms with Gasteiger partial charge in [-0.15, -0.1) is 0 Å². The normalized spacial score (nSPS) is 47.6. The van der Waals surface area contributed by atoms with Gasteiger partial charge in [0.1, 0.15) is 6.10 Å². The van der Waals surface area contributed by atoms with Crippen LogP contribution in [0.15, 0.2) is 12.2 Å². The molecule has 0 N–H and O–H groups in total. The fraction of sp³-hybridized carbons (Fsp3) is 0.625. The first-order valence-corrected chi connectivity index (χ1v) is 4.58. The zero-order chi connectivity index (χ0) is 8.06. The van der Waals surface area contributed by atoms with Gasteiger partial charge in [-0.05, 0) is 6.92 Å². The standard InChI is InChI=1S/C8H9BrO2/c1-8-3-2-5(9)6(4-8)11-7(8)10/h2-3,5-6H,4H2,1H3. The average molecular weight is 217 g/mol. The Morgan fingerprint density at radius 1 is 1.82 bits per heavy atom. The van der Waals surface area contributed by atoms with E-state index in [4.69, 9.17) is 4.74 Å². The molecular formula is C8H9BrO2. The highest BCUT2D eigenvalue weighted by molar-refractivity contribution is 9.09. The van der Waals surface area contributed by atoms with Crippen molar-refractivity contribution in [2.45, 2.75) is 24.3 Å². The van der Waals surface area contributed by atoms with Gasteiger partial charge in [0, 0.05) is 6.42 Å². The molecule has 2 nitrogen and oxygen atoms in total. The lowest BCUT2D eigenvalue weighted by atomic mass is 9.82. The molecule has 2 rings (SSSR count). The third-order valence-corrected chi connectivity index (χ3v) is 3.25. The van der Waals surface area contributed by atoms with Crippen LogP contribution < -0.4 is 0 Å². The molecule has 60 valence electrons. The molecule has 1 heterocycles. The topological polar surface area (TPSA) is 26.3 Å². The summed E-state index contributed by atoms with van der Waals surface area (Å²) in [5.74, 6) is -0.0827. The molecule has 2 aliphatic rings. The Labute approximate surface area is 73.7 Å². The highest BCUT2D eigenvalue weighted by atomic mass is 79.9. The van der Waals surface area contributed by atoms with E-state index in [0.29, 0.717) is 0 Å². The first-order chi connectivity index (χ1) is 5.12. The molecule has 0 amide bonds. The number of ether oxygens (including phenoxy) is 1. The lowest BCUT2D eigenvalue weighted by Gasteiger charge is -2.19. The first kappa shape index (κ1) is 7.35. The Morgan fingerprint density at radius 3 is 3.18 bits per heavy atom. The minimum atomic E-state index is -0.338. The zero-order valence-electron chi connectivity index (χ0n) is 6.21. The van der Waals surface area contributed by atoms with Crippen molar-refractivity contribution in [1.29, 1.82) is 0 Å². The average Bonchev–Trinajstić information content (AvgIpc) is 2.20. The second kappa shape index (κ2) is 2.09. The van der Waals surface area contributed by atoms with E-state index >= 15 is 0 Å². The molecule has 3 heteroatoms. The number of hydrogen-bond donors (Lipinski definition) is 0. The van der Waals surface area contributed by atoms with Crippen LogP contribution in [0.4, 0.5) is 0 Å². The Kier molecular flexibility index (Phi) is 1.40. The minimum Gasteiger partial charge on any atom is -0.460 e. The monoisotopic (exact) mass is 216 g/mol. The summed E-state index contributed by atoms with van der Waals surface area (Å²) in [5, 5.41) is 0. The largest absolute Gasteiger partial charge is 0.460 e. The summed E-state index contributed by atoms with van der Waals surface area (Å²) in [4.78, 5) is 11.4. The predicted molar refractivity (Wildman–Crippen MR) is 44.5 cm³/mol. The fourth-order valence-electron chi connectivity index (χ4n) is 1.56. The molecule has 0 aromatic carbocycles. The summed E-state index contributed by atoms with van der Waals surface area (Å²) in [7, 11) is 0. The molecule has 1 fully saturated rings. The van der Waals surface area contributed by atoms with Gasteiger partial charge in [0.05, 0.1) is 10.2 Å². The molecule has 3 atom stereocenters. The first-order valence-electron chi connectivity index (χ1n) is 3.66. The molecule has 0 spiro atoms. The van der Waals surface area contributed by atoms with Gasteiger partial charge < -0.3 is 4.74 Å². The molecule has 11 heavy (non-hydrogen) atoms. The van der Waals surface area contributed by atoms with Crippen molar-refractivity contribution in [3.63, 3.8) is 0 Å². The van der Waals surface area contributed by atoms with E-state index in [1.54, 1.807) is 0 Å². The molecule has 0 saturated carbocycles.